The molecule has 1 aromatic carbocycles. The Morgan fingerprint density at radius 1 is 1.11 bits per heavy atom. The molecule has 1 N–H and O–H groups in total. The first-order chi connectivity index (χ1) is 9.19. The number of nitrogens with one attached hydrogen (secondary N) is 1. The van der Waals surface area contributed by atoms with E-state index in [2.05, 4.69) is 43.4 Å². The van der Waals surface area contributed by atoms with Gasteiger partial charge in [0.2, 0.25) is 0 Å². The van der Waals surface area contributed by atoms with Gasteiger partial charge in [-0.1, -0.05) is 44.2 Å². The van der Waals surface area contributed by atoms with Crippen molar-refractivity contribution in [3.8, 4) is 0 Å². The molecule has 108 valence electrons. The molecule has 0 saturated heterocycles. The molecular formula is C16H27NO2. The van der Waals surface area contributed by atoms with Gasteiger partial charge >= 0.3 is 0 Å². The lowest BCUT2D eigenvalue weighted by Gasteiger charge is -2.28. The van der Waals surface area contributed by atoms with Crippen LogP contribution >= 0.6 is 0 Å². The fourth-order valence-corrected chi connectivity index (χ4v) is 2.03. The van der Waals surface area contributed by atoms with Gasteiger partial charge in [0.1, 0.15) is 0 Å². The van der Waals surface area contributed by atoms with E-state index in [0.717, 1.165) is 13.2 Å². The highest BCUT2D eigenvalue weighted by Crippen LogP contribution is 2.16. The van der Waals surface area contributed by atoms with E-state index in [9.17, 15) is 0 Å². The number of hydrogen-bond acceptors (Lipinski definition) is 3. The van der Waals surface area contributed by atoms with Crippen LogP contribution in [-0.2, 0) is 9.47 Å². The maximum absolute atomic E-state index is 5.57. The summed E-state index contributed by atoms with van der Waals surface area (Å²) in [5.41, 5.74) is 1.26. The minimum atomic E-state index is 0.207. The molecule has 0 heterocycles. The monoisotopic (exact) mass is 265 g/mol. The summed E-state index contributed by atoms with van der Waals surface area (Å²) in [6.07, 6.45) is 0. The molecular weight excluding hydrogens is 238 g/mol. The molecule has 1 rings (SSSR count). The minimum absolute atomic E-state index is 0.207. The Bertz CT molecular complexity index is 327. The molecule has 3 nitrogen and oxygen atoms in total. The van der Waals surface area contributed by atoms with Crippen molar-refractivity contribution in [1.29, 1.82) is 0 Å². The predicted octanol–water partition coefficient (Wildman–Crippen LogP) is 3.02. The zero-order valence-electron chi connectivity index (χ0n) is 12.6. The maximum atomic E-state index is 5.57. The highest BCUT2D eigenvalue weighted by molar-refractivity contribution is 5.19. The Kier molecular flexibility index (Phi) is 7.72. The summed E-state index contributed by atoms with van der Waals surface area (Å²) < 4.78 is 10.9. The summed E-state index contributed by atoms with van der Waals surface area (Å²) in [6, 6.07) is 11.0. The van der Waals surface area contributed by atoms with Crippen LogP contribution in [-0.4, -0.2) is 33.0 Å². The quantitative estimate of drug-likeness (QED) is 0.744. The molecule has 3 heteroatoms. The Labute approximate surface area is 117 Å². The molecule has 0 aromatic heterocycles. The van der Waals surface area contributed by atoms with Gasteiger partial charge in [-0.15, -0.1) is 0 Å². The Hall–Kier alpha value is -0.900. The first-order valence-electron chi connectivity index (χ1n) is 7.06. The lowest BCUT2D eigenvalue weighted by atomic mass is 10.0. The summed E-state index contributed by atoms with van der Waals surface area (Å²) in [6.45, 7) is 8.62. The summed E-state index contributed by atoms with van der Waals surface area (Å²) >= 11 is 0. The van der Waals surface area contributed by atoms with Gasteiger partial charge in [-0.25, -0.2) is 0 Å². The van der Waals surface area contributed by atoms with Gasteiger partial charge < -0.3 is 14.8 Å². The standard InChI is InChI=1S/C16H27NO2/c1-5-19-12-15(13(2)3)17-16(11-18-4)14-9-7-6-8-10-14/h6-10,13,15-17H,5,11-12H2,1-4H3. The average molecular weight is 265 g/mol. The molecule has 0 spiro atoms. The zero-order valence-corrected chi connectivity index (χ0v) is 12.6. The van der Waals surface area contributed by atoms with Crippen molar-refractivity contribution >= 4 is 0 Å². The zero-order chi connectivity index (χ0) is 14.1. The third-order valence-electron chi connectivity index (χ3n) is 3.26. The number of hydrogen-bond donors (Lipinski definition) is 1. The van der Waals surface area contributed by atoms with Gasteiger partial charge in [0.25, 0.3) is 0 Å². The molecule has 1 aromatic rings. The van der Waals surface area contributed by atoms with E-state index in [0.29, 0.717) is 18.6 Å². The number of ether oxygens (including phenoxy) is 2. The van der Waals surface area contributed by atoms with E-state index in [1.165, 1.54) is 5.56 Å². The van der Waals surface area contributed by atoms with Crippen molar-refractivity contribution in [2.45, 2.75) is 32.9 Å². The average Bonchev–Trinajstić information content (AvgIpc) is 2.43. The lowest BCUT2D eigenvalue weighted by Crippen LogP contribution is -2.41. The van der Waals surface area contributed by atoms with Crippen molar-refractivity contribution in [2.75, 3.05) is 26.9 Å². The number of rotatable bonds is 9. The molecule has 19 heavy (non-hydrogen) atoms. The van der Waals surface area contributed by atoms with Gasteiger partial charge in [-0.05, 0) is 18.4 Å². The minimum Gasteiger partial charge on any atom is -0.383 e. The van der Waals surface area contributed by atoms with Crippen LogP contribution in [0.5, 0.6) is 0 Å². The number of benzene rings is 1. The van der Waals surface area contributed by atoms with Crippen molar-refractivity contribution in [3.63, 3.8) is 0 Å². The van der Waals surface area contributed by atoms with Crippen LogP contribution in [0.1, 0.15) is 32.4 Å². The van der Waals surface area contributed by atoms with Crippen LogP contribution in [0, 0.1) is 5.92 Å². The van der Waals surface area contributed by atoms with Gasteiger partial charge in [-0.3, -0.25) is 0 Å². The molecule has 0 bridgehead atoms. The first-order valence-corrected chi connectivity index (χ1v) is 7.06. The van der Waals surface area contributed by atoms with Crippen LogP contribution in [0.15, 0.2) is 30.3 Å². The van der Waals surface area contributed by atoms with Crippen molar-refractivity contribution in [2.24, 2.45) is 5.92 Å². The normalized spacial score (nSPS) is 14.6. The van der Waals surface area contributed by atoms with Crippen molar-refractivity contribution in [1.82, 2.24) is 5.32 Å². The topological polar surface area (TPSA) is 30.5 Å². The fourth-order valence-electron chi connectivity index (χ4n) is 2.03. The van der Waals surface area contributed by atoms with Gasteiger partial charge in [0, 0.05) is 19.8 Å². The summed E-state index contributed by atoms with van der Waals surface area (Å²) in [5, 5.41) is 3.66. The molecule has 0 aliphatic rings. The second-order valence-electron chi connectivity index (χ2n) is 5.10. The molecule has 2 atom stereocenters. The first kappa shape index (κ1) is 16.2. The highest BCUT2D eigenvalue weighted by atomic mass is 16.5. The van der Waals surface area contributed by atoms with E-state index in [4.69, 9.17) is 9.47 Å². The van der Waals surface area contributed by atoms with Crippen LogP contribution in [0.4, 0.5) is 0 Å². The Morgan fingerprint density at radius 2 is 1.79 bits per heavy atom. The van der Waals surface area contributed by atoms with Crippen LogP contribution in [0.3, 0.4) is 0 Å². The van der Waals surface area contributed by atoms with Crippen molar-refractivity contribution in [3.05, 3.63) is 35.9 Å². The molecule has 0 radical (unpaired) electrons. The largest absolute Gasteiger partial charge is 0.383 e. The third kappa shape index (κ3) is 5.72. The smallest absolute Gasteiger partial charge is 0.0657 e. The second kappa shape index (κ2) is 9.08. The molecule has 0 aliphatic heterocycles. The summed E-state index contributed by atoms with van der Waals surface area (Å²) in [7, 11) is 1.74. The van der Waals surface area contributed by atoms with Crippen molar-refractivity contribution < 1.29 is 9.47 Å². The lowest BCUT2D eigenvalue weighted by molar-refractivity contribution is 0.0908. The molecule has 0 amide bonds. The van der Waals surface area contributed by atoms with E-state index in [-0.39, 0.29) is 6.04 Å². The van der Waals surface area contributed by atoms with Gasteiger partial charge in [0.05, 0.1) is 19.3 Å². The van der Waals surface area contributed by atoms with E-state index >= 15 is 0 Å². The maximum Gasteiger partial charge on any atom is 0.0657 e. The Balaban J connectivity index is 2.70. The van der Waals surface area contributed by atoms with Gasteiger partial charge in [-0.2, -0.15) is 0 Å². The Morgan fingerprint density at radius 3 is 2.32 bits per heavy atom. The van der Waals surface area contributed by atoms with Crippen LogP contribution in [0.2, 0.25) is 0 Å². The fraction of sp³-hybridized carbons (Fsp3) is 0.625. The SMILES string of the molecule is CCOCC(NC(COC)c1ccccc1)C(C)C. The second-order valence-corrected chi connectivity index (χ2v) is 5.10. The summed E-state index contributed by atoms with van der Waals surface area (Å²) in [4.78, 5) is 0. The third-order valence-corrected chi connectivity index (χ3v) is 3.26. The predicted molar refractivity (Wildman–Crippen MR) is 79.3 cm³/mol. The highest BCUT2D eigenvalue weighted by Gasteiger charge is 2.19. The number of methoxy groups -OCH3 is 1. The van der Waals surface area contributed by atoms with E-state index in [1.54, 1.807) is 7.11 Å². The summed E-state index contributed by atoms with van der Waals surface area (Å²) in [5.74, 6) is 0.523. The molecule has 0 saturated carbocycles. The van der Waals surface area contributed by atoms with E-state index < -0.39 is 0 Å². The van der Waals surface area contributed by atoms with Gasteiger partial charge in [0.15, 0.2) is 0 Å². The molecule has 0 fully saturated rings. The molecule has 0 aliphatic carbocycles. The molecule has 2 unspecified atom stereocenters. The van der Waals surface area contributed by atoms with E-state index in [1.807, 2.05) is 13.0 Å². The van der Waals surface area contributed by atoms with Crippen LogP contribution < -0.4 is 5.32 Å². The van der Waals surface area contributed by atoms with Crippen LogP contribution in [0.25, 0.3) is 0 Å².